The van der Waals surface area contributed by atoms with Crippen molar-refractivity contribution in [3.05, 3.63) is 50.6 Å². The molecule has 0 saturated carbocycles. The monoisotopic (exact) mass is 366 g/mol. The maximum Gasteiger partial charge on any atom is 0.254 e. The van der Waals surface area contributed by atoms with Gasteiger partial charge in [-0.2, -0.15) is 0 Å². The Labute approximate surface area is 135 Å². The summed E-state index contributed by atoms with van der Waals surface area (Å²) in [4.78, 5) is 16.1. The van der Waals surface area contributed by atoms with Crippen LogP contribution in [0, 0.1) is 0 Å². The second kappa shape index (κ2) is 5.66. The third-order valence-electron chi connectivity index (χ3n) is 3.38. The summed E-state index contributed by atoms with van der Waals surface area (Å²) in [5.74, 6) is 0.0838. The van der Waals surface area contributed by atoms with Gasteiger partial charge in [0.25, 0.3) is 5.91 Å². The summed E-state index contributed by atoms with van der Waals surface area (Å²) in [6.07, 6.45) is 2.83. The molecule has 108 valence electrons. The van der Waals surface area contributed by atoms with E-state index in [1.165, 1.54) is 0 Å². The predicted octanol–water partition coefficient (Wildman–Crippen LogP) is 3.88. The van der Waals surface area contributed by atoms with E-state index < -0.39 is 5.91 Å². The Bertz CT molecular complexity index is 734. The van der Waals surface area contributed by atoms with Crippen molar-refractivity contribution in [1.29, 1.82) is 0 Å². The first-order valence-electron chi connectivity index (χ1n) is 6.50. The number of amides is 1. The van der Waals surface area contributed by atoms with Crippen LogP contribution in [0.25, 0.3) is 0 Å². The first-order chi connectivity index (χ1) is 10.0. The zero-order valence-electron chi connectivity index (χ0n) is 11.0. The van der Waals surface area contributed by atoms with E-state index in [-0.39, 0.29) is 11.4 Å². The lowest BCUT2D eigenvalue weighted by Gasteiger charge is -2.12. The minimum Gasteiger partial charge on any atom is -0.437 e. The van der Waals surface area contributed by atoms with Gasteiger partial charge in [-0.1, -0.05) is 27.5 Å². The Morgan fingerprint density at radius 3 is 2.90 bits per heavy atom. The molecular formula is C15H12BrClN2O2. The molecule has 0 unspecified atom stereocenters. The van der Waals surface area contributed by atoms with E-state index in [0.29, 0.717) is 10.8 Å². The second-order valence-corrected chi connectivity index (χ2v) is 6.16. The minimum absolute atomic E-state index is 0.211. The van der Waals surface area contributed by atoms with Gasteiger partial charge in [0.15, 0.2) is 0 Å². The molecule has 2 aromatic rings. The fraction of sp³-hybridized carbons (Fsp3) is 0.200. The third-order valence-corrected chi connectivity index (χ3v) is 4.19. The van der Waals surface area contributed by atoms with Crippen LogP contribution in [-0.2, 0) is 12.8 Å². The van der Waals surface area contributed by atoms with Crippen molar-refractivity contribution in [2.24, 2.45) is 5.73 Å². The molecule has 3 rings (SSSR count). The van der Waals surface area contributed by atoms with E-state index >= 15 is 0 Å². The van der Waals surface area contributed by atoms with Crippen LogP contribution in [0.2, 0.25) is 5.02 Å². The van der Waals surface area contributed by atoms with Gasteiger partial charge in [-0.05, 0) is 49.1 Å². The molecule has 0 fully saturated rings. The first-order valence-corrected chi connectivity index (χ1v) is 7.67. The zero-order valence-corrected chi connectivity index (χ0v) is 13.4. The number of hydrogen-bond donors (Lipinski definition) is 1. The van der Waals surface area contributed by atoms with Crippen LogP contribution in [0.5, 0.6) is 11.6 Å². The molecule has 1 aliphatic carbocycles. The number of benzene rings is 1. The lowest BCUT2D eigenvalue weighted by Crippen LogP contribution is -2.14. The van der Waals surface area contributed by atoms with Crippen molar-refractivity contribution in [2.45, 2.75) is 19.3 Å². The molecule has 0 saturated heterocycles. The number of aryl methyl sites for hydroxylation is 2. The number of carbonyl (C=O) groups is 1. The number of nitrogens with two attached hydrogens (primary N) is 1. The Hall–Kier alpha value is -1.59. The highest BCUT2D eigenvalue weighted by Crippen LogP contribution is 2.34. The molecule has 4 nitrogen and oxygen atoms in total. The molecule has 6 heteroatoms. The molecule has 0 bridgehead atoms. The summed E-state index contributed by atoms with van der Waals surface area (Å²) in [5, 5.41) is 0.441. The lowest BCUT2D eigenvalue weighted by atomic mass is 10.1. The second-order valence-electron chi connectivity index (χ2n) is 4.84. The van der Waals surface area contributed by atoms with Gasteiger partial charge >= 0.3 is 0 Å². The van der Waals surface area contributed by atoms with Crippen molar-refractivity contribution in [3.63, 3.8) is 0 Å². The predicted molar refractivity (Wildman–Crippen MR) is 84.0 cm³/mol. The first kappa shape index (κ1) is 14.4. The van der Waals surface area contributed by atoms with Crippen LogP contribution in [-0.4, -0.2) is 10.9 Å². The molecule has 1 heterocycles. The van der Waals surface area contributed by atoms with Crippen molar-refractivity contribution in [3.8, 4) is 11.6 Å². The van der Waals surface area contributed by atoms with E-state index in [4.69, 9.17) is 22.1 Å². The maximum absolute atomic E-state index is 11.6. The van der Waals surface area contributed by atoms with Gasteiger partial charge in [-0.15, -0.1) is 0 Å². The number of primary amides is 1. The van der Waals surface area contributed by atoms with E-state index in [9.17, 15) is 4.79 Å². The highest BCUT2D eigenvalue weighted by atomic mass is 79.9. The molecule has 0 spiro atoms. The van der Waals surface area contributed by atoms with Gasteiger partial charge < -0.3 is 10.5 Å². The summed E-state index contributed by atoms with van der Waals surface area (Å²) in [6.45, 7) is 0. The van der Waals surface area contributed by atoms with Crippen LogP contribution in [0.3, 0.4) is 0 Å². The van der Waals surface area contributed by atoms with Gasteiger partial charge in [-0.3, -0.25) is 4.79 Å². The number of nitrogens with zero attached hydrogens (tertiary/aromatic N) is 1. The van der Waals surface area contributed by atoms with Gasteiger partial charge in [0.2, 0.25) is 5.88 Å². The molecule has 1 aromatic carbocycles. The average molecular weight is 368 g/mol. The summed E-state index contributed by atoms with van der Waals surface area (Å²) < 4.78 is 6.56. The van der Waals surface area contributed by atoms with Crippen LogP contribution in [0.15, 0.2) is 28.7 Å². The Morgan fingerprint density at radius 2 is 2.14 bits per heavy atom. The molecule has 1 aromatic heterocycles. The number of rotatable bonds is 3. The fourth-order valence-electron chi connectivity index (χ4n) is 2.37. The molecule has 0 atom stereocenters. The lowest BCUT2D eigenvalue weighted by molar-refractivity contribution is 0.0997. The van der Waals surface area contributed by atoms with Crippen LogP contribution in [0.4, 0.5) is 0 Å². The molecular weight excluding hydrogens is 356 g/mol. The number of aromatic nitrogens is 1. The number of carbonyl (C=O) groups excluding carboxylic acids is 1. The standard InChI is InChI=1S/C15H12BrClN2O2/c16-9-4-5-11(17)13(7-9)21-15-10(14(18)20)6-8-2-1-3-12(8)19-15/h4-7H,1-3H2,(H2,18,20). The normalized spacial score (nSPS) is 13.0. The average Bonchev–Trinajstić information content (AvgIpc) is 2.89. The van der Waals surface area contributed by atoms with Crippen molar-refractivity contribution in [2.75, 3.05) is 0 Å². The number of fused-ring (bicyclic) bond motifs is 1. The molecule has 21 heavy (non-hydrogen) atoms. The number of pyridine rings is 1. The topological polar surface area (TPSA) is 65.2 Å². The number of hydrogen-bond acceptors (Lipinski definition) is 3. The Balaban J connectivity index is 2.05. The smallest absolute Gasteiger partial charge is 0.254 e. The largest absolute Gasteiger partial charge is 0.437 e. The SMILES string of the molecule is NC(=O)c1cc2c(nc1Oc1cc(Br)ccc1Cl)CCC2. The van der Waals surface area contributed by atoms with Crippen molar-refractivity contribution < 1.29 is 9.53 Å². The third kappa shape index (κ3) is 2.89. The van der Waals surface area contributed by atoms with Gasteiger partial charge in [0, 0.05) is 10.2 Å². The molecule has 0 aliphatic heterocycles. The van der Waals surface area contributed by atoms with Gasteiger partial charge in [-0.25, -0.2) is 4.98 Å². The minimum atomic E-state index is -0.557. The molecule has 1 aliphatic rings. The van der Waals surface area contributed by atoms with Gasteiger partial charge in [0.05, 0.1) is 5.02 Å². The van der Waals surface area contributed by atoms with E-state index in [1.807, 2.05) is 0 Å². The van der Waals surface area contributed by atoms with E-state index in [1.54, 1.807) is 24.3 Å². The fourth-order valence-corrected chi connectivity index (χ4v) is 2.86. The number of halogens is 2. The van der Waals surface area contributed by atoms with E-state index in [2.05, 4.69) is 20.9 Å². The summed E-state index contributed by atoms with van der Waals surface area (Å²) in [5.41, 5.74) is 7.74. The van der Waals surface area contributed by atoms with Crippen LogP contribution < -0.4 is 10.5 Å². The maximum atomic E-state index is 11.6. The highest BCUT2D eigenvalue weighted by molar-refractivity contribution is 9.10. The Kier molecular flexibility index (Phi) is 3.87. The quantitative estimate of drug-likeness (QED) is 0.895. The van der Waals surface area contributed by atoms with E-state index in [0.717, 1.165) is 35.0 Å². The van der Waals surface area contributed by atoms with Crippen LogP contribution in [0.1, 0.15) is 28.0 Å². The zero-order chi connectivity index (χ0) is 15.0. The summed E-state index contributed by atoms with van der Waals surface area (Å²) in [7, 11) is 0. The van der Waals surface area contributed by atoms with Crippen molar-refractivity contribution >= 4 is 33.4 Å². The summed E-state index contributed by atoms with van der Waals surface area (Å²) in [6, 6.07) is 7.01. The van der Waals surface area contributed by atoms with Gasteiger partial charge in [0.1, 0.15) is 11.3 Å². The summed E-state index contributed by atoms with van der Waals surface area (Å²) >= 11 is 9.46. The highest BCUT2D eigenvalue weighted by Gasteiger charge is 2.21. The van der Waals surface area contributed by atoms with Crippen LogP contribution >= 0.6 is 27.5 Å². The molecule has 0 radical (unpaired) electrons. The number of ether oxygens (including phenoxy) is 1. The molecule has 2 N–H and O–H groups in total. The van der Waals surface area contributed by atoms with Crippen molar-refractivity contribution in [1.82, 2.24) is 4.98 Å². The Morgan fingerprint density at radius 1 is 1.33 bits per heavy atom. The molecule has 1 amide bonds.